The van der Waals surface area contributed by atoms with E-state index in [2.05, 4.69) is 6.58 Å². The Bertz CT molecular complexity index is 397. The summed E-state index contributed by atoms with van der Waals surface area (Å²) in [6.45, 7) is 15.6. The smallest absolute Gasteiger partial charge is 0.317 e. The number of rotatable bonds is 6. The highest BCUT2D eigenvalue weighted by Crippen LogP contribution is 2.45. The molecule has 114 valence electrons. The molecule has 0 aliphatic heterocycles. The van der Waals surface area contributed by atoms with E-state index in [1.807, 2.05) is 41.5 Å². The molecule has 1 N–H and O–H groups in total. The first-order chi connectivity index (χ1) is 9.11. The van der Waals surface area contributed by atoms with Gasteiger partial charge in [-0.15, -0.1) is 0 Å². The fourth-order valence-electron chi connectivity index (χ4n) is 2.03. The third-order valence-electron chi connectivity index (χ3n) is 4.02. The van der Waals surface area contributed by atoms with Gasteiger partial charge < -0.3 is 9.84 Å². The van der Waals surface area contributed by atoms with E-state index in [0.29, 0.717) is 5.76 Å². The van der Waals surface area contributed by atoms with Gasteiger partial charge in [0, 0.05) is 0 Å². The number of allylic oxidation sites excluding steroid dienone is 3. The molecular weight excluding hydrogens is 252 g/mol. The second-order valence-electron chi connectivity index (χ2n) is 6.39. The summed E-state index contributed by atoms with van der Waals surface area (Å²) >= 11 is 0. The van der Waals surface area contributed by atoms with Crippen molar-refractivity contribution in [1.82, 2.24) is 0 Å². The second-order valence-corrected chi connectivity index (χ2v) is 6.39. The topological polar surface area (TPSA) is 46.5 Å². The molecule has 0 rings (SSSR count). The molecule has 0 aromatic rings. The van der Waals surface area contributed by atoms with Gasteiger partial charge in [-0.3, -0.25) is 4.79 Å². The largest absolute Gasteiger partial charge is 0.426 e. The predicted octanol–water partition coefficient (Wildman–Crippen LogP) is 3.86. The van der Waals surface area contributed by atoms with Crippen molar-refractivity contribution < 1.29 is 14.6 Å². The van der Waals surface area contributed by atoms with Gasteiger partial charge >= 0.3 is 5.97 Å². The molecule has 0 fully saturated rings. The van der Waals surface area contributed by atoms with Crippen LogP contribution in [0.4, 0.5) is 0 Å². The molecule has 0 aliphatic carbocycles. The van der Waals surface area contributed by atoms with Gasteiger partial charge in [0.15, 0.2) is 0 Å². The SMILES string of the molecule is C=C/C=C(\C=C/CO)OC(=O)C(C)(C(C)C)C(C)(C)C. The lowest BCUT2D eigenvalue weighted by atomic mass is 9.62. The van der Waals surface area contributed by atoms with Crippen LogP contribution >= 0.6 is 0 Å². The number of carbonyl (C=O) groups excluding carboxylic acids is 1. The zero-order valence-electron chi connectivity index (χ0n) is 13.6. The quantitative estimate of drug-likeness (QED) is 0.456. The molecule has 0 aliphatic rings. The van der Waals surface area contributed by atoms with E-state index in [1.54, 1.807) is 18.2 Å². The first-order valence-electron chi connectivity index (χ1n) is 6.93. The third kappa shape index (κ3) is 4.34. The van der Waals surface area contributed by atoms with Crippen LogP contribution in [0.5, 0.6) is 0 Å². The first-order valence-corrected chi connectivity index (χ1v) is 6.93. The highest BCUT2D eigenvalue weighted by molar-refractivity contribution is 5.79. The molecule has 1 atom stereocenters. The van der Waals surface area contributed by atoms with Gasteiger partial charge in [0.1, 0.15) is 5.76 Å². The first kappa shape index (κ1) is 18.7. The van der Waals surface area contributed by atoms with E-state index in [9.17, 15) is 4.79 Å². The predicted molar refractivity (Wildman–Crippen MR) is 83.0 cm³/mol. The zero-order valence-corrected chi connectivity index (χ0v) is 13.6. The van der Waals surface area contributed by atoms with Crippen LogP contribution in [-0.2, 0) is 9.53 Å². The summed E-state index contributed by atoms with van der Waals surface area (Å²) in [5.74, 6) is 0.257. The summed E-state index contributed by atoms with van der Waals surface area (Å²) in [4.78, 5) is 12.6. The van der Waals surface area contributed by atoms with Crippen molar-refractivity contribution in [3.8, 4) is 0 Å². The van der Waals surface area contributed by atoms with Gasteiger partial charge in [-0.25, -0.2) is 0 Å². The Labute approximate surface area is 123 Å². The molecule has 0 saturated heterocycles. The highest BCUT2D eigenvalue weighted by Gasteiger charge is 2.48. The van der Waals surface area contributed by atoms with Crippen molar-refractivity contribution in [2.75, 3.05) is 6.61 Å². The van der Waals surface area contributed by atoms with Crippen LogP contribution in [0.3, 0.4) is 0 Å². The number of aliphatic hydroxyl groups excluding tert-OH is 1. The number of hydrogen-bond acceptors (Lipinski definition) is 3. The maximum absolute atomic E-state index is 12.6. The fraction of sp³-hybridized carbons (Fsp3) is 0.588. The van der Waals surface area contributed by atoms with Crippen LogP contribution in [-0.4, -0.2) is 17.7 Å². The normalized spacial score (nSPS) is 16.3. The fourth-order valence-corrected chi connectivity index (χ4v) is 2.03. The van der Waals surface area contributed by atoms with Crippen molar-refractivity contribution in [2.45, 2.75) is 41.5 Å². The van der Waals surface area contributed by atoms with Crippen molar-refractivity contribution in [3.05, 3.63) is 36.6 Å². The molecule has 0 radical (unpaired) electrons. The van der Waals surface area contributed by atoms with Gasteiger partial charge in [0.2, 0.25) is 0 Å². The average molecular weight is 280 g/mol. The molecular formula is C17H28O3. The van der Waals surface area contributed by atoms with E-state index < -0.39 is 5.41 Å². The molecule has 0 spiro atoms. The summed E-state index contributed by atoms with van der Waals surface area (Å²) in [7, 11) is 0. The van der Waals surface area contributed by atoms with Crippen molar-refractivity contribution in [1.29, 1.82) is 0 Å². The van der Waals surface area contributed by atoms with Crippen LogP contribution in [0.25, 0.3) is 0 Å². The number of esters is 1. The van der Waals surface area contributed by atoms with E-state index in [0.717, 1.165) is 0 Å². The van der Waals surface area contributed by atoms with E-state index in [-0.39, 0.29) is 23.9 Å². The van der Waals surface area contributed by atoms with Gasteiger partial charge in [-0.2, -0.15) is 0 Å². The standard InChI is InChI=1S/C17H28O3/c1-8-10-14(11-9-12-18)20-15(19)17(7,13(2)3)16(4,5)6/h8-11,13,18H,1,12H2,2-7H3/b11-9-,14-10+. The lowest BCUT2D eigenvalue weighted by molar-refractivity contribution is -0.161. The number of hydrogen-bond donors (Lipinski definition) is 1. The van der Waals surface area contributed by atoms with Crippen LogP contribution in [0.15, 0.2) is 36.6 Å². The summed E-state index contributed by atoms with van der Waals surface area (Å²) in [6.07, 6.45) is 6.25. The van der Waals surface area contributed by atoms with Crippen LogP contribution in [0.1, 0.15) is 41.5 Å². The number of carbonyl (C=O) groups is 1. The maximum Gasteiger partial charge on any atom is 0.317 e. The van der Waals surface area contributed by atoms with Crippen molar-refractivity contribution in [2.24, 2.45) is 16.7 Å². The third-order valence-corrected chi connectivity index (χ3v) is 4.02. The van der Waals surface area contributed by atoms with Crippen LogP contribution in [0, 0.1) is 16.7 Å². The molecule has 20 heavy (non-hydrogen) atoms. The molecule has 0 aromatic heterocycles. The maximum atomic E-state index is 12.6. The van der Waals surface area contributed by atoms with Crippen molar-refractivity contribution >= 4 is 5.97 Å². The van der Waals surface area contributed by atoms with E-state index in [4.69, 9.17) is 9.84 Å². The Morgan fingerprint density at radius 2 is 1.85 bits per heavy atom. The summed E-state index contributed by atoms with van der Waals surface area (Å²) in [5.41, 5.74) is -0.835. The molecule has 1 unspecified atom stereocenters. The molecule has 3 nitrogen and oxygen atoms in total. The Kier molecular flexibility index (Phi) is 6.94. The minimum Gasteiger partial charge on any atom is -0.426 e. The van der Waals surface area contributed by atoms with E-state index >= 15 is 0 Å². The minimum absolute atomic E-state index is 0.104. The van der Waals surface area contributed by atoms with Gasteiger partial charge in [-0.05, 0) is 30.4 Å². The molecule has 3 heteroatoms. The lowest BCUT2D eigenvalue weighted by Gasteiger charge is -2.42. The van der Waals surface area contributed by atoms with E-state index in [1.165, 1.54) is 6.08 Å². The Balaban J connectivity index is 5.36. The Hall–Kier alpha value is -1.35. The highest BCUT2D eigenvalue weighted by atomic mass is 16.5. The van der Waals surface area contributed by atoms with Crippen molar-refractivity contribution in [3.63, 3.8) is 0 Å². The zero-order chi connectivity index (χ0) is 16.0. The van der Waals surface area contributed by atoms with Gasteiger partial charge in [-0.1, -0.05) is 53.3 Å². The summed E-state index contributed by atoms with van der Waals surface area (Å²) < 4.78 is 5.50. The van der Waals surface area contributed by atoms with Gasteiger partial charge in [0.25, 0.3) is 0 Å². The number of aliphatic hydroxyl groups is 1. The Morgan fingerprint density at radius 1 is 1.30 bits per heavy atom. The second kappa shape index (κ2) is 7.44. The average Bonchev–Trinajstić information content (AvgIpc) is 2.33. The lowest BCUT2D eigenvalue weighted by Crippen LogP contribution is -2.45. The monoisotopic (exact) mass is 280 g/mol. The van der Waals surface area contributed by atoms with Crippen LogP contribution < -0.4 is 0 Å². The summed E-state index contributed by atoms with van der Waals surface area (Å²) in [6, 6.07) is 0. The molecule has 0 bridgehead atoms. The molecule has 0 aromatic carbocycles. The number of ether oxygens (including phenoxy) is 1. The minimum atomic E-state index is -0.611. The molecule has 0 heterocycles. The molecule has 0 saturated carbocycles. The Morgan fingerprint density at radius 3 is 2.20 bits per heavy atom. The summed E-state index contributed by atoms with van der Waals surface area (Å²) in [5, 5.41) is 8.81. The van der Waals surface area contributed by atoms with Crippen LogP contribution in [0.2, 0.25) is 0 Å². The molecule has 0 amide bonds. The van der Waals surface area contributed by atoms with Gasteiger partial charge in [0.05, 0.1) is 12.0 Å².